The molecule has 0 radical (unpaired) electrons. The van der Waals surface area contributed by atoms with E-state index in [1.807, 2.05) is 60.7 Å². The van der Waals surface area contributed by atoms with Crippen molar-refractivity contribution in [3.8, 4) is 17.0 Å². The largest absolute Gasteiger partial charge is 0.485 e. The van der Waals surface area contributed by atoms with Gasteiger partial charge in [0, 0.05) is 23.7 Å². The molecule has 3 aromatic heterocycles. The van der Waals surface area contributed by atoms with Crippen LogP contribution in [0.5, 0.6) is 5.75 Å². The van der Waals surface area contributed by atoms with Crippen molar-refractivity contribution in [2.45, 2.75) is 13.2 Å². The van der Waals surface area contributed by atoms with Crippen LogP contribution in [-0.4, -0.2) is 43.2 Å². The van der Waals surface area contributed by atoms with Crippen molar-refractivity contribution in [2.24, 2.45) is 0 Å². The molecule has 0 aliphatic heterocycles. The van der Waals surface area contributed by atoms with Crippen LogP contribution < -0.4 is 15.4 Å². The Morgan fingerprint density at radius 3 is 2.70 bits per heavy atom. The van der Waals surface area contributed by atoms with Gasteiger partial charge in [0.1, 0.15) is 12.4 Å². The molecule has 37 heavy (non-hydrogen) atoms. The highest BCUT2D eigenvalue weighted by atomic mass is 16.5. The summed E-state index contributed by atoms with van der Waals surface area (Å²) in [5.41, 5.74) is 4.03. The molecular formula is C27H23N7O3. The van der Waals surface area contributed by atoms with Crippen molar-refractivity contribution in [2.75, 3.05) is 6.54 Å². The van der Waals surface area contributed by atoms with E-state index in [2.05, 4.69) is 32.4 Å². The number of pyridine rings is 1. The molecule has 10 nitrogen and oxygen atoms in total. The van der Waals surface area contributed by atoms with Gasteiger partial charge < -0.3 is 15.4 Å². The van der Waals surface area contributed by atoms with Crippen LogP contribution in [0.25, 0.3) is 27.8 Å². The summed E-state index contributed by atoms with van der Waals surface area (Å²) in [6, 6.07) is 21.1. The Bertz CT molecular complexity index is 1600. The van der Waals surface area contributed by atoms with Crippen LogP contribution in [0.4, 0.5) is 0 Å². The number of benzene rings is 2. The molecule has 5 aromatic rings. The maximum absolute atomic E-state index is 11.9. The van der Waals surface area contributed by atoms with Crippen molar-refractivity contribution in [3.05, 3.63) is 97.0 Å². The zero-order valence-corrected chi connectivity index (χ0v) is 19.8. The van der Waals surface area contributed by atoms with Gasteiger partial charge in [-0.1, -0.05) is 43.0 Å². The Morgan fingerprint density at radius 1 is 1.00 bits per heavy atom. The van der Waals surface area contributed by atoms with Gasteiger partial charge in [0.2, 0.25) is 11.8 Å². The molecular weight excluding hydrogens is 470 g/mol. The van der Waals surface area contributed by atoms with Crippen molar-refractivity contribution in [1.82, 2.24) is 35.4 Å². The summed E-state index contributed by atoms with van der Waals surface area (Å²) in [7, 11) is 0. The second-order valence-corrected chi connectivity index (χ2v) is 8.12. The third kappa shape index (κ3) is 5.43. The van der Waals surface area contributed by atoms with Crippen LogP contribution >= 0.6 is 0 Å². The number of nitrogens with one attached hydrogen (secondary N) is 2. The smallest absolute Gasteiger partial charge is 0.243 e. The minimum atomic E-state index is -0.399. The Morgan fingerprint density at radius 2 is 1.86 bits per heavy atom. The van der Waals surface area contributed by atoms with Gasteiger partial charge >= 0.3 is 0 Å². The lowest BCUT2D eigenvalue weighted by Gasteiger charge is -2.10. The van der Waals surface area contributed by atoms with E-state index in [0.717, 1.165) is 33.8 Å². The number of carbonyl (C=O) groups excluding carboxylic acids is 2. The van der Waals surface area contributed by atoms with E-state index in [4.69, 9.17) is 9.84 Å². The van der Waals surface area contributed by atoms with Gasteiger partial charge in [-0.05, 0) is 42.0 Å². The molecule has 0 unspecified atom stereocenters. The maximum Gasteiger partial charge on any atom is 0.243 e. The van der Waals surface area contributed by atoms with Crippen molar-refractivity contribution >= 4 is 28.4 Å². The first-order chi connectivity index (χ1) is 18.1. The van der Waals surface area contributed by atoms with E-state index in [-0.39, 0.29) is 19.1 Å². The molecule has 0 aliphatic carbocycles. The first-order valence-corrected chi connectivity index (χ1v) is 11.5. The van der Waals surface area contributed by atoms with Crippen LogP contribution in [-0.2, 0) is 22.7 Å². The number of amides is 2. The molecule has 2 aromatic carbocycles. The number of ether oxygens (including phenoxy) is 1. The fourth-order valence-corrected chi connectivity index (χ4v) is 3.73. The molecule has 10 heteroatoms. The quantitative estimate of drug-likeness (QED) is 0.303. The molecule has 0 fully saturated rings. The fraction of sp³-hybridized carbons (Fsp3) is 0.111. The Hall–Kier alpha value is -5.12. The number of hydrogen-bond acceptors (Lipinski definition) is 7. The summed E-state index contributed by atoms with van der Waals surface area (Å²) >= 11 is 0. The second kappa shape index (κ2) is 10.6. The average Bonchev–Trinajstić information content (AvgIpc) is 3.36. The highest BCUT2D eigenvalue weighted by Gasteiger charge is 2.12. The van der Waals surface area contributed by atoms with E-state index in [1.165, 1.54) is 0 Å². The molecule has 0 atom stereocenters. The number of nitrogens with zero attached hydrogens (tertiary/aromatic N) is 5. The monoisotopic (exact) mass is 493 g/mol. The molecule has 0 saturated carbocycles. The summed E-state index contributed by atoms with van der Waals surface area (Å²) in [6.45, 7) is 3.70. The molecule has 0 bridgehead atoms. The molecule has 2 N–H and O–H groups in total. The molecule has 0 spiro atoms. The highest BCUT2D eigenvalue weighted by molar-refractivity contribution is 5.90. The first kappa shape index (κ1) is 23.6. The summed E-state index contributed by atoms with van der Waals surface area (Å²) in [5, 5.41) is 19.2. The van der Waals surface area contributed by atoms with Crippen LogP contribution in [0.2, 0.25) is 0 Å². The number of fused-ring (bicyclic) bond motifs is 2. The summed E-state index contributed by atoms with van der Waals surface area (Å²) in [4.78, 5) is 27.6. The average molecular weight is 494 g/mol. The molecule has 0 aliphatic rings. The fourth-order valence-electron chi connectivity index (χ4n) is 3.73. The van der Waals surface area contributed by atoms with Crippen LogP contribution in [0.15, 0.2) is 85.6 Å². The van der Waals surface area contributed by atoms with Gasteiger partial charge in [0.25, 0.3) is 0 Å². The Balaban J connectivity index is 1.28. The van der Waals surface area contributed by atoms with Crippen LogP contribution in [0, 0.1) is 0 Å². The van der Waals surface area contributed by atoms with Gasteiger partial charge in [-0.2, -0.15) is 9.61 Å². The SMILES string of the molecule is C=CC(=O)NCC(=O)NCc1ccc2c(OCc3nnc4ccc(-c5ccccc5)nn34)ccnc2c1. The standard InChI is InChI=1S/C27H23N7O3/c1-2-26(35)30-16-27(36)29-15-18-8-9-20-22(14-18)28-13-12-23(20)37-17-25-32-31-24-11-10-21(33-34(24)25)19-6-4-3-5-7-19/h2-14H,1,15-17H2,(H,29,36)(H,30,35). The van der Waals surface area contributed by atoms with E-state index < -0.39 is 5.91 Å². The second-order valence-electron chi connectivity index (χ2n) is 8.12. The number of aromatic nitrogens is 5. The number of carbonyl (C=O) groups is 2. The third-order valence-electron chi connectivity index (χ3n) is 5.62. The van der Waals surface area contributed by atoms with E-state index in [0.29, 0.717) is 23.8 Å². The Kier molecular flexibility index (Phi) is 6.80. The normalized spacial score (nSPS) is 10.8. The maximum atomic E-state index is 11.9. The predicted octanol–water partition coefficient (Wildman–Crippen LogP) is 2.84. The summed E-state index contributed by atoms with van der Waals surface area (Å²) in [6.07, 6.45) is 2.78. The lowest BCUT2D eigenvalue weighted by molar-refractivity contribution is -0.124. The molecule has 0 saturated heterocycles. The van der Waals surface area contributed by atoms with Gasteiger partial charge in [-0.15, -0.1) is 10.2 Å². The lowest BCUT2D eigenvalue weighted by Crippen LogP contribution is -2.35. The van der Waals surface area contributed by atoms with Crippen LogP contribution in [0.3, 0.4) is 0 Å². The number of hydrogen-bond donors (Lipinski definition) is 2. The van der Waals surface area contributed by atoms with Crippen molar-refractivity contribution in [3.63, 3.8) is 0 Å². The number of rotatable bonds is 9. The van der Waals surface area contributed by atoms with E-state index in [9.17, 15) is 9.59 Å². The summed E-state index contributed by atoms with van der Waals surface area (Å²) < 4.78 is 7.78. The van der Waals surface area contributed by atoms with Gasteiger partial charge in [-0.25, -0.2) is 0 Å². The molecule has 5 rings (SSSR count). The van der Waals surface area contributed by atoms with Gasteiger partial charge in [0.15, 0.2) is 11.5 Å². The zero-order valence-electron chi connectivity index (χ0n) is 19.8. The molecule has 3 heterocycles. The molecule has 184 valence electrons. The Labute approximate surface area is 212 Å². The van der Waals surface area contributed by atoms with Crippen LogP contribution in [0.1, 0.15) is 11.4 Å². The van der Waals surface area contributed by atoms with Crippen molar-refractivity contribution in [1.29, 1.82) is 0 Å². The van der Waals surface area contributed by atoms with E-state index in [1.54, 1.807) is 16.8 Å². The molecule has 2 amide bonds. The van der Waals surface area contributed by atoms with Crippen molar-refractivity contribution < 1.29 is 14.3 Å². The van der Waals surface area contributed by atoms with Gasteiger partial charge in [0.05, 0.1) is 17.8 Å². The summed E-state index contributed by atoms with van der Waals surface area (Å²) in [5.74, 6) is 0.512. The lowest BCUT2D eigenvalue weighted by atomic mass is 10.1. The minimum Gasteiger partial charge on any atom is -0.485 e. The van der Waals surface area contributed by atoms with Gasteiger partial charge in [-0.3, -0.25) is 14.6 Å². The van der Waals surface area contributed by atoms with E-state index >= 15 is 0 Å². The highest BCUT2D eigenvalue weighted by Crippen LogP contribution is 2.25. The topological polar surface area (TPSA) is 123 Å². The first-order valence-electron chi connectivity index (χ1n) is 11.5. The zero-order chi connectivity index (χ0) is 25.6. The third-order valence-corrected chi connectivity index (χ3v) is 5.62. The minimum absolute atomic E-state index is 0.117. The predicted molar refractivity (Wildman–Crippen MR) is 137 cm³/mol.